The Morgan fingerprint density at radius 3 is 2.43 bits per heavy atom. The van der Waals surface area contributed by atoms with Crippen LogP contribution in [0.15, 0.2) is 65.1 Å². The van der Waals surface area contributed by atoms with Gasteiger partial charge in [-0.1, -0.05) is 49.4 Å². The van der Waals surface area contributed by atoms with Crippen molar-refractivity contribution in [3.8, 4) is 0 Å². The number of nitro benzene ring substituents is 1. The van der Waals surface area contributed by atoms with Crippen LogP contribution >= 0.6 is 0 Å². The number of hydrogen-bond donors (Lipinski definition) is 0. The summed E-state index contributed by atoms with van der Waals surface area (Å²) in [6.45, 7) is 1.75. The van der Waals surface area contributed by atoms with Gasteiger partial charge in [-0.25, -0.2) is 8.42 Å². The summed E-state index contributed by atoms with van der Waals surface area (Å²) in [7, 11) is -4.10. The summed E-state index contributed by atoms with van der Waals surface area (Å²) in [5.74, 6) is -0.654. The lowest BCUT2D eigenvalue weighted by molar-refractivity contribution is -0.387. The van der Waals surface area contributed by atoms with Gasteiger partial charge in [-0.3, -0.25) is 14.9 Å². The van der Waals surface area contributed by atoms with Crippen molar-refractivity contribution in [2.75, 3.05) is 13.1 Å². The van der Waals surface area contributed by atoms with E-state index in [-0.39, 0.29) is 30.2 Å². The molecule has 1 aliphatic rings. The van der Waals surface area contributed by atoms with Crippen LogP contribution in [0.5, 0.6) is 0 Å². The Labute approximate surface area is 163 Å². The van der Waals surface area contributed by atoms with Crippen LogP contribution in [-0.2, 0) is 14.8 Å². The van der Waals surface area contributed by atoms with Gasteiger partial charge < -0.3 is 0 Å². The van der Waals surface area contributed by atoms with E-state index in [1.165, 1.54) is 28.6 Å². The number of Topliss-reactive ketones (excluding diaryl/α,β-unsaturated/α-hetero) is 1. The molecule has 0 N–H and O–H groups in total. The number of ketones is 1. The number of nitrogens with zero attached hydrogens (tertiary/aromatic N) is 2. The molecule has 2 aromatic carbocycles. The molecule has 1 aliphatic heterocycles. The highest BCUT2D eigenvalue weighted by atomic mass is 32.2. The second-order valence-electron chi connectivity index (χ2n) is 6.68. The molecule has 0 saturated carbocycles. The molecule has 1 atom stereocenters. The average molecular weight is 400 g/mol. The van der Waals surface area contributed by atoms with Gasteiger partial charge in [0.1, 0.15) is 0 Å². The van der Waals surface area contributed by atoms with Crippen molar-refractivity contribution in [2.24, 2.45) is 5.92 Å². The molecule has 0 bridgehead atoms. The van der Waals surface area contributed by atoms with Gasteiger partial charge >= 0.3 is 0 Å². The highest BCUT2D eigenvalue weighted by molar-refractivity contribution is 7.89. The number of rotatable bonds is 4. The first-order valence-electron chi connectivity index (χ1n) is 8.84. The molecule has 7 nitrogen and oxygen atoms in total. The molecule has 2 aromatic rings. The van der Waals surface area contributed by atoms with Crippen LogP contribution in [0.1, 0.15) is 18.9 Å². The predicted octanol–water partition coefficient (Wildman–Crippen LogP) is 3.28. The zero-order valence-electron chi connectivity index (χ0n) is 15.3. The summed E-state index contributed by atoms with van der Waals surface area (Å²) in [6.07, 6.45) is 2.03. The smallest absolute Gasteiger partial charge is 0.289 e. The minimum absolute atomic E-state index is 0.0145. The molecule has 1 heterocycles. The lowest BCUT2D eigenvalue weighted by Crippen LogP contribution is -2.35. The van der Waals surface area contributed by atoms with E-state index < -0.39 is 26.6 Å². The molecule has 0 radical (unpaired) electrons. The van der Waals surface area contributed by atoms with Crippen LogP contribution in [-0.4, -0.2) is 36.5 Å². The predicted molar refractivity (Wildman–Crippen MR) is 105 cm³/mol. The average Bonchev–Trinajstić information content (AvgIpc) is 2.83. The number of hydrogen-bond acceptors (Lipinski definition) is 5. The Balaban J connectivity index is 1.94. The Morgan fingerprint density at radius 1 is 1.11 bits per heavy atom. The van der Waals surface area contributed by atoms with Gasteiger partial charge in [0.2, 0.25) is 10.0 Å². The van der Waals surface area contributed by atoms with Crippen molar-refractivity contribution < 1.29 is 18.1 Å². The van der Waals surface area contributed by atoms with Crippen molar-refractivity contribution in [2.45, 2.75) is 18.2 Å². The third kappa shape index (κ3) is 4.02. The quantitative estimate of drug-likeness (QED) is 0.446. The third-order valence-electron chi connectivity index (χ3n) is 4.69. The van der Waals surface area contributed by atoms with Crippen molar-refractivity contribution in [1.82, 2.24) is 4.31 Å². The first kappa shape index (κ1) is 19.9. The summed E-state index contributed by atoms with van der Waals surface area (Å²) in [6, 6.07) is 14.6. The maximum atomic E-state index is 13.1. The van der Waals surface area contributed by atoms with E-state index >= 15 is 0 Å². The molecule has 0 amide bonds. The molecule has 0 spiro atoms. The van der Waals surface area contributed by atoms with Crippen LogP contribution < -0.4 is 0 Å². The Kier molecular flexibility index (Phi) is 5.71. The van der Waals surface area contributed by atoms with E-state index in [2.05, 4.69) is 0 Å². The summed E-state index contributed by atoms with van der Waals surface area (Å²) < 4.78 is 27.3. The van der Waals surface area contributed by atoms with Crippen molar-refractivity contribution in [1.29, 1.82) is 0 Å². The molecule has 146 valence electrons. The first-order chi connectivity index (χ1) is 13.3. The van der Waals surface area contributed by atoms with Gasteiger partial charge in [0.15, 0.2) is 10.7 Å². The van der Waals surface area contributed by atoms with Crippen molar-refractivity contribution in [3.63, 3.8) is 0 Å². The summed E-state index contributed by atoms with van der Waals surface area (Å²) >= 11 is 0. The van der Waals surface area contributed by atoms with E-state index in [9.17, 15) is 23.3 Å². The zero-order chi connectivity index (χ0) is 20.3. The fraction of sp³-hybridized carbons (Fsp3) is 0.250. The molecule has 1 fully saturated rings. The van der Waals surface area contributed by atoms with Gasteiger partial charge in [0.25, 0.3) is 5.69 Å². The second-order valence-corrected chi connectivity index (χ2v) is 8.59. The van der Waals surface area contributed by atoms with Crippen molar-refractivity contribution in [3.05, 3.63) is 75.8 Å². The number of nitro groups is 1. The highest BCUT2D eigenvalue weighted by Crippen LogP contribution is 2.29. The number of sulfonamides is 1. The fourth-order valence-electron chi connectivity index (χ4n) is 3.24. The Hall–Kier alpha value is -2.84. The summed E-state index contributed by atoms with van der Waals surface area (Å²) in [4.78, 5) is 22.9. The van der Waals surface area contributed by atoms with E-state index in [4.69, 9.17) is 0 Å². The van der Waals surface area contributed by atoms with Gasteiger partial charge in [-0.05, 0) is 29.7 Å². The topological polar surface area (TPSA) is 97.6 Å². The molecule has 1 saturated heterocycles. The standard InChI is InChI=1S/C20H20N2O5S/c1-15-14-21(28(26,27)19-10-6-5-9-18(19)22(24)25)12-11-17(20(15)23)13-16-7-3-2-4-8-16/h2-10,13,15H,11-12,14H2,1H3/b17-13+/t15-/m1/s1. The molecule has 0 aromatic heterocycles. The van der Waals surface area contributed by atoms with Crippen LogP contribution in [0.25, 0.3) is 6.08 Å². The van der Waals surface area contributed by atoms with Crippen LogP contribution in [0.3, 0.4) is 0 Å². The first-order valence-corrected chi connectivity index (χ1v) is 10.3. The van der Waals surface area contributed by atoms with Gasteiger partial charge in [0.05, 0.1) is 4.92 Å². The van der Waals surface area contributed by atoms with E-state index in [1.807, 2.05) is 30.3 Å². The molecule has 3 rings (SSSR count). The molecular weight excluding hydrogens is 380 g/mol. The van der Waals surface area contributed by atoms with E-state index in [0.29, 0.717) is 5.57 Å². The van der Waals surface area contributed by atoms with E-state index in [1.54, 1.807) is 13.0 Å². The maximum absolute atomic E-state index is 13.1. The third-order valence-corrected chi connectivity index (χ3v) is 6.60. The Bertz CT molecular complexity index is 1030. The monoisotopic (exact) mass is 400 g/mol. The van der Waals surface area contributed by atoms with Gasteiger partial charge in [0, 0.05) is 25.1 Å². The highest BCUT2D eigenvalue weighted by Gasteiger charge is 2.35. The molecular formula is C20H20N2O5S. The Morgan fingerprint density at radius 2 is 1.75 bits per heavy atom. The SMILES string of the molecule is C[C@@H]1CN(S(=O)(=O)c2ccccc2[N+](=O)[O-])CC/C(=C\c2ccccc2)C1=O. The number of carbonyl (C=O) groups is 1. The van der Waals surface area contributed by atoms with Crippen LogP contribution in [0.4, 0.5) is 5.69 Å². The molecule has 0 unspecified atom stereocenters. The second kappa shape index (κ2) is 8.04. The maximum Gasteiger partial charge on any atom is 0.289 e. The fourth-order valence-corrected chi connectivity index (χ4v) is 4.93. The van der Waals surface area contributed by atoms with Gasteiger partial charge in [-0.15, -0.1) is 0 Å². The minimum Gasteiger partial charge on any atom is -0.294 e. The van der Waals surface area contributed by atoms with Crippen LogP contribution in [0.2, 0.25) is 0 Å². The lowest BCUT2D eigenvalue weighted by Gasteiger charge is -2.21. The van der Waals surface area contributed by atoms with Crippen LogP contribution in [0, 0.1) is 16.0 Å². The zero-order valence-corrected chi connectivity index (χ0v) is 16.1. The molecule has 28 heavy (non-hydrogen) atoms. The summed E-state index contributed by atoms with van der Waals surface area (Å²) in [5, 5.41) is 11.3. The normalized spacial score (nSPS) is 20.1. The number of benzene rings is 2. The minimum atomic E-state index is -4.10. The molecule has 0 aliphatic carbocycles. The van der Waals surface area contributed by atoms with E-state index in [0.717, 1.165) is 5.56 Å². The summed E-state index contributed by atoms with van der Waals surface area (Å²) in [5.41, 5.74) is 0.956. The largest absolute Gasteiger partial charge is 0.294 e. The number of para-hydroxylation sites is 1. The van der Waals surface area contributed by atoms with Crippen molar-refractivity contribution >= 4 is 27.6 Å². The number of carbonyl (C=O) groups excluding carboxylic acids is 1. The lowest BCUT2D eigenvalue weighted by atomic mass is 9.97. The van der Waals surface area contributed by atoms with Gasteiger partial charge in [-0.2, -0.15) is 4.31 Å². The molecule has 8 heteroatoms.